The van der Waals surface area contributed by atoms with Gasteiger partial charge in [0.25, 0.3) is 0 Å². The number of rotatable bonds is 8. The van der Waals surface area contributed by atoms with Gasteiger partial charge in [-0.1, -0.05) is 42.5 Å². The van der Waals surface area contributed by atoms with Gasteiger partial charge in [0.2, 0.25) is 0 Å². The molecule has 0 amide bonds. The Kier molecular flexibility index (Phi) is 6.95. The van der Waals surface area contributed by atoms with Gasteiger partial charge in [-0.3, -0.25) is 0 Å². The molecule has 3 rings (SSSR count). The fraction of sp³-hybridized carbons (Fsp3) is 0.0909. The molecular weight excluding hydrogens is 423 g/mol. The fourth-order valence-corrected chi connectivity index (χ4v) is 3.85. The van der Waals surface area contributed by atoms with Crippen LogP contribution >= 0.6 is 7.82 Å². The van der Waals surface area contributed by atoms with E-state index in [9.17, 15) is 14.2 Å². The number of methoxy groups -OCH3 is 2. The third-order valence-electron chi connectivity index (χ3n) is 3.97. The zero-order chi connectivity index (χ0) is 22.3. The summed E-state index contributed by atoms with van der Waals surface area (Å²) in [5.41, 5.74) is 0.0403. The highest BCUT2D eigenvalue weighted by Crippen LogP contribution is 2.51. The molecule has 0 aliphatic rings. The molecule has 31 heavy (non-hydrogen) atoms. The SMILES string of the molecule is COC(=O)c1ccccc1OP(=O)(Oc1ccccc1)Oc1ccccc1C(=O)OC. The minimum absolute atomic E-state index is 0.0201. The molecule has 0 spiro atoms. The van der Waals surface area contributed by atoms with Crippen molar-refractivity contribution in [2.75, 3.05) is 14.2 Å². The van der Waals surface area contributed by atoms with Crippen molar-refractivity contribution in [3.05, 3.63) is 90.0 Å². The van der Waals surface area contributed by atoms with Crippen molar-refractivity contribution < 1.29 is 37.2 Å². The molecule has 0 fully saturated rings. The monoisotopic (exact) mass is 442 g/mol. The molecule has 0 heterocycles. The summed E-state index contributed by atoms with van der Waals surface area (Å²) in [6, 6.07) is 20.3. The lowest BCUT2D eigenvalue weighted by Crippen LogP contribution is -2.12. The van der Waals surface area contributed by atoms with Crippen LogP contribution in [0.1, 0.15) is 20.7 Å². The van der Waals surface area contributed by atoms with E-state index in [0.717, 1.165) is 0 Å². The van der Waals surface area contributed by atoms with Gasteiger partial charge in [0.05, 0.1) is 14.2 Å². The van der Waals surface area contributed by atoms with Crippen molar-refractivity contribution in [1.29, 1.82) is 0 Å². The average molecular weight is 442 g/mol. The van der Waals surface area contributed by atoms with E-state index in [0.29, 0.717) is 0 Å². The maximum Gasteiger partial charge on any atom is 0.647 e. The van der Waals surface area contributed by atoms with Gasteiger partial charge in [0, 0.05) is 0 Å². The van der Waals surface area contributed by atoms with E-state index in [4.69, 9.17) is 23.0 Å². The number of hydrogen-bond donors (Lipinski definition) is 0. The van der Waals surface area contributed by atoms with Gasteiger partial charge in [-0.25, -0.2) is 9.59 Å². The number of para-hydroxylation sites is 3. The van der Waals surface area contributed by atoms with E-state index in [1.54, 1.807) is 54.6 Å². The lowest BCUT2D eigenvalue weighted by Gasteiger charge is -2.21. The number of carbonyl (C=O) groups excluding carboxylic acids is 2. The van der Waals surface area contributed by atoms with Crippen molar-refractivity contribution in [2.24, 2.45) is 0 Å². The highest BCUT2D eigenvalue weighted by molar-refractivity contribution is 7.49. The predicted octanol–water partition coefficient (Wildman–Crippen LogP) is 4.90. The van der Waals surface area contributed by atoms with Gasteiger partial charge in [-0.05, 0) is 36.4 Å². The molecule has 0 N–H and O–H groups in total. The number of phosphoric ester groups is 1. The summed E-state index contributed by atoms with van der Waals surface area (Å²) in [6.45, 7) is 0. The molecule has 0 saturated heterocycles. The Morgan fingerprint density at radius 3 is 1.48 bits per heavy atom. The minimum atomic E-state index is -4.45. The number of hydrogen-bond acceptors (Lipinski definition) is 8. The first kappa shape index (κ1) is 21.9. The standard InChI is InChI=1S/C22H19O8P/c1-26-21(23)17-12-6-8-14-19(17)29-31(25,28-16-10-4-3-5-11-16)30-20-15-9-7-13-18(20)22(24)27-2/h3-15H,1-2H3. The second-order valence-electron chi connectivity index (χ2n) is 6.01. The summed E-state index contributed by atoms with van der Waals surface area (Å²) >= 11 is 0. The molecule has 0 aromatic heterocycles. The summed E-state index contributed by atoms with van der Waals surface area (Å²) < 4.78 is 39.9. The molecule has 0 radical (unpaired) electrons. The number of ether oxygens (including phenoxy) is 2. The lowest BCUT2D eigenvalue weighted by molar-refractivity contribution is 0.0590. The highest BCUT2D eigenvalue weighted by atomic mass is 31.2. The molecule has 0 atom stereocenters. The second kappa shape index (κ2) is 9.82. The highest BCUT2D eigenvalue weighted by Gasteiger charge is 2.36. The normalized spacial score (nSPS) is 10.6. The molecular formula is C22H19O8P. The Balaban J connectivity index is 2.03. The first-order valence-corrected chi connectivity index (χ1v) is 10.5. The summed E-state index contributed by atoms with van der Waals surface area (Å²) in [5, 5.41) is 0. The molecule has 160 valence electrons. The summed E-state index contributed by atoms with van der Waals surface area (Å²) in [4.78, 5) is 24.2. The second-order valence-corrected chi connectivity index (χ2v) is 7.45. The Hall–Kier alpha value is -3.77. The van der Waals surface area contributed by atoms with E-state index in [1.807, 2.05) is 0 Å². The first-order chi connectivity index (χ1) is 15.0. The molecule has 0 unspecified atom stereocenters. The van der Waals surface area contributed by atoms with Crippen LogP contribution in [0.3, 0.4) is 0 Å². The summed E-state index contributed by atoms with van der Waals surface area (Å²) in [5.74, 6) is -1.36. The molecule has 9 heteroatoms. The topological polar surface area (TPSA) is 97.4 Å². The number of carbonyl (C=O) groups is 2. The number of esters is 2. The van der Waals surface area contributed by atoms with Crippen molar-refractivity contribution in [1.82, 2.24) is 0 Å². The molecule has 8 nitrogen and oxygen atoms in total. The number of phosphoric acid groups is 1. The van der Waals surface area contributed by atoms with Crippen LogP contribution in [0.25, 0.3) is 0 Å². The molecule has 0 aliphatic heterocycles. The van der Waals surface area contributed by atoms with Crippen LogP contribution in [0.5, 0.6) is 17.2 Å². The Bertz CT molecular complexity index is 1050. The van der Waals surface area contributed by atoms with Gasteiger partial charge in [0.15, 0.2) is 0 Å². The molecule has 3 aromatic carbocycles. The van der Waals surface area contributed by atoms with Gasteiger partial charge >= 0.3 is 19.8 Å². The van der Waals surface area contributed by atoms with E-state index in [1.165, 1.54) is 38.5 Å². The van der Waals surface area contributed by atoms with Crippen molar-refractivity contribution in [2.45, 2.75) is 0 Å². The van der Waals surface area contributed by atoms with Crippen molar-refractivity contribution in [3.63, 3.8) is 0 Å². The van der Waals surface area contributed by atoms with Gasteiger partial charge in [-0.2, -0.15) is 4.57 Å². The summed E-state index contributed by atoms with van der Waals surface area (Å²) in [7, 11) is -2.03. The van der Waals surface area contributed by atoms with Crippen molar-refractivity contribution >= 4 is 19.8 Å². The number of benzene rings is 3. The van der Waals surface area contributed by atoms with Crippen LogP contribution in [0.4, 0.5) is 0 Å². The zero-order valence-corrected chi connectivity index (χ0v) is 17.6. The predicted molar refractivity (Wildman–Crippen MR) is 111 cm³/mol. The van der Waals surface area contributed by atoms with Gasteiger partial charge in [0.1, 0.15) is 28.4 Å². The van der Waals surface area contributed by atoms with Crippen LogP contribution in [-0.2, 0) is 14.0 Å². The van der Waals surface area contributed by atoms with E-state index < -0.39 is 19.8 Å². The smallest absolute Gasteiger partial charge is 0.465 e. The van der Waals surface area contributed by atoms with Crippen molar-refractivity contribution in [3.8, 4) is 17.2 Å². The van der Waals surface area contributed by atoms with Gasteiger partial charge < -0.3 is 23.0 Å². The van der Waals surface area contributed by atoms with Gasteiger partial charge in [-0.15, -0.1) is 0 Å². The minimum Gasteiger partial charge on any atom is -0.465 e. The zero-order valence-electron chi connectivity index (χ0n) is 16.7. The average Bonchev–Trinajstić information content (AvgIpc) is 2.79. The van der Waals surface area contributed by atoms with Crippen LogP contribution in [-0.4, -0.2) is 26.2 Å². The van der Waals surface area contributed by atoms with E-state index in [2.05, 4.69) is 0 Å². The van der Waals surface area contributed by atoms with E-state index >= 15 is 0 Å². The molecule has 0 aliphatic carbocycles. The quantitative estimate of drug-likeness (QED) is 0.359. The Morgan fingerprint density at radius 1 is 0.613 bits per heavy atom. The van der Waals surface area contributed by atoms with Crippen LogP contribution in [0.2, 0.25) is 0 Å². The first-order valence-electron chi connectivity index (χ1n) is 9.04. The molecule has 0 bridgehead atoms. The van der Waals surface area contributed by atoms with Crippen LogP contribution < -0.4 is 13.6 Å². The Morgan fingerprint density at radius 2 is 1.03 bits per heavy atom. The third kappa shape index (κ3) is 5.43. The fourth-order valence-electron chi connectivity index (χ4n) is 2.56. The van der Waals surface area contributed by atoms with E-state index in [-0.39, 0.29) is 28.4 Å². The summed E-state index contributed by atoms with van der Waals surface area (Å²) in [6.07, 6.45) is 0. The maximum atomic E-state index is 13.7. The Labute approximate surface area is 178 Å². The maximum absolute atomic E-state index is 13.7. The lowest BCUT2D eigenvalue weighted by atomic mass is 10.2. The van der Waals surface area contributed by atoms with Crippen LogP contribution in [0.15, 0.2) is 78.9 Å². The largest absolute Gasteiger partial charge is 0.647 e. The molecule has 3 aromatic rings. The van der Waals surface area contributed by atoms with Crippen LogP contribution in [0, 0.1) is 0 Å². The third-order valence-corrected chi connectivity index (χ3v) is 5.24. The molecule has 0 saturated carbocycles.